The fourth-order valence-corrected chi connectivity index (χ4v) is 4.17. The summed E-state index contributed by atoms with van der Waals surface area (Å²) in [5, 5.41) is 9.17. The van der Waals surface area contributed by atoms with E-state index in [4.69, 9.17) is 4.74 Å². The first-order valence-corrected chi connectivity index (χ1v) is 9.49. The van der Waals surface area contributed by atoms with Crippen LogP contribution in [0.25, 0.3) is 0 Å². The molecule has 1 aromatic carbocycles. The summed E-state index contributed by atoms with van der Waals surface area (Å²) in [4.78, 5) is 16.0. The zero-order chi connectivity index (χ0) is 17.6. The number of piperidine rings is 1. The van der Waals surface area contributed by atoms with Gasteiger partial charge in [-0.2, -0.15) is 0 Å². The van der Waals surface area contributed by atoms with Crippen molar-refractivity contribution in [2.75, 3.05) is 26.7 Å². The molecule has 2 saturated heterocycles. The van der Waals surface area contributed by atoms with Crippen molar-refractivity contribution in [1.82, 2.24) is 9.80 Å². The number of rotatable bonds is 7. The quantitative estimate of drug-likeness (QED) is 0.822. The van der Waals surface area contributed by atoms with Crippen LogP contribution in [0.1, 0.15) is 49.7 Å². The highest BCUT2D eigenvalue weighted by Crippen LogP contribution is 2.26. The van der Waals surface area contributed by atoms with E-state index in [9.17, 15) is 9.90 Å². The molecule has 2 fully saturated rings. The molecule has 1 atom stereocenters. The minimum absolute atomic E-state index is 0.162. The summed E-state index contributed by atoms with van der Waals surface area (Å²) in [6.07, 6.45) is 6.10. The minimum Gasteiger partial charge on any atom is -0.496 e. The molecule has 5 heteroatoms. The molecular formula is C20H30N2O3. The molecule has 0 aliphatic carbocycles. The SMILES string of the molecule is COc1ccc(CN2CCCC[C@H]2CC(=O)O)cc1CN1CCCC1. The maximum atomic E-state index is 11.1. The first-order valence-electron chi connectivity index (χ1n) is 9.49. The molecular weight excluding hydrogens is 316 g/mol. The molecule has 1 N–H and O–H groups in total. The largest absolute Gasteiger partial charge is 0.496 e. The van der Waals surface area contributed by atoms with Gasteiger partial charge in [-0.1, -0.05) is 12.5 Å². The lowest BCUT2D eigenvalue weighted by Crippen LogP contribution is -2.40. The Morgan fingerprint density at radius 1 is 1.16 bits per heavy atom. The van der Waals surface area contributed by atoms with Crippen LogP contribution in [0, 0.1) is 0 Å². The van der Waals surface area contributed by atoms with Crippen LogP contribution in [0.3, 0.4) is 0 Å². The van der Waals surface area contributed by atoms with E-state index in [1.54, 1.807) is 7.11 Å². The maximum absolute atomic E-state index is 11.1. The van der Waals surface area contributed by atoms with Crippen molar-refractivity contribution in [3.8, 4) is 5.75 Å². The van der Waals surface area contributed by atoms with E-state index in [1.165, 1.54) is 37.1 Å². The van der Waals surface area contributed by atoms with Gasteiger partial charge in [0.25, 0.3) is 0 Å². The Balaban J connectivity index is 1.71. The molecule has 2 heterocycles. The van der Waals surface area contributed by atoms with Gasteiger partial charge in [0.05, 0.1) is 13.5 Å². The van der Waals surface area contributed by atoms with Gasteiger partial charge in [0.2, 0.25) is 0 Å². The van der Waals surface area contributed by atoms with Crippen LogP contribution >= 0.6 is 0 Å². The highest BCUT2D eigenvalue weighted by Gasteiger charge is 2.25. The molecule has 25 heavy (non-hydrogen) atoms. The van der Waals surface area contributed by atoms with Crippen molar-refractivity contribution < 1.29 is 14.6 Å². The molecule has 0 unspecified atom stereocenters. The number of methoxy groups -OCH3 is 1. The van der Waals surface area contributed by atoms with E-state index in [0.29, 0.717) is 0 Å². The number of nitrogens with zero attached hydrogens (tertiary/aromatic N) is 2. The maximum Gasteiger partial charge on any atom is 0.304 e. The molecule has 0 saturated carbocycles. The number of carbonyl (C=O) groups is 1. The number of aliphatic carboxylic acids is 1. The number of carboxylic acids is 1. The van der Waals surface area contributed by atoms with Gasteiger partial charge in [-0.15, -0.1) is 0 Å². The van der Waals surface area contributed by atoms with Crippen molar-refractivity contribution in [3.63, 3.8) is 0 Å². The van der Waals surface area contributed by atoms with Crippen LogP contribution in [-0.2, 0) is 17.9 Å². The Bertz CT molecular complexity index is 584. The lowest BCUT2D eigenvalue weighted by molar-refractivity contribution is -0.138. The third-order valence-corrected chi connectivity index (χ3v) is 5.48. The summed E-state index contributed by atoms with van der Waals surface area (Å²) < 4.78 is 5.56. The van der Waals surface area contributed by atoms with Crippen LogP contribution in [0.5, 0.6) is 5.75 Å². The molecule has 2 aliphatic rings. The first kappa shape index (κ1) is 18.2. The Morgan fingerprint density at radius 3 is 2.64 bits per heavy atom. The number of benzene rings is 1. The van der Waals surface area contributed by atoms with Crippen LogP contribution in [0.4, 0.5) is 0 Å². The van der Waals surface area contributed by atoms with Gasteiger partial charge < -0.3 is 9.84 Å². The second-order valence-corrected chi connectivity index (χ2v) is 7.35. The molecule has 5 nitrogen and oxygen atoms in total. The monoisotopic (exact) mass is 346 g/mol. The smallest absolute Gasteiger partial charge is 0.304 e. The summed E-state index contributed by atoms with van der Waals surface area (Å²) in [7, 11) is 1.73. The molecule has 3 rings (SSSR count). The van der Waals surface area contributed by atoms with Crippen LogP contribution in [0.2, 0.25) is 0 Å². The Kier molecular flexibility index (Phi) is 6.32. The third kappa shape index (κ3) is 4.95. The standard InChI is InChI=1S/C20H30N2O3/c1-25-19-8-7-16(12-17(19)15-21-9-4-5-10-21)14-22-11-3-2-6-18(22)13-20(23)24/h7-8,12,18H,2-6,9-11,13-15H2,1H3,(H,23,24)/t18-/m0/s1. The zero-order valence-corrected chi connectivity index (χ0v) is 15.2. The van der Waals surface area contributed by atoms with E-state index in [0.717, 1.165) is 44.6 Å². The van der Waals surface area contributed by atoms with Crippen LogP contribution in [-0.4, -0.2) is 53.7 Å². The van der Waals surface area contributed by atoms with Gasteiger partial charge >= 0.3 is 5.97 Å². The van der Waals surface area contributed by atoms with Gasteiger partial charge in [0, 0.05) is 24.7 Å². The Labute approximate surface area is 150 Å². The fraction of sp³-hybridized carbons (Fsp3) is 0.650. The first-order chi connectivity index (χ1) is 12.2. The molecule has 0 spiro atoms. The van der Waals surface area contributed by atoms with E-state index in [-0.39, 0.29) is 12.5 Å². The van der Waals surface area contributed by atoms with Crippen molar-refractivity contribution in [2.24, 2.45) is 0 Å². The summed E-state index contributed by atoms with van der Waals surface area (Å²) in [5.41, 5.74) is 2.50. The summed E-state index contributed by atoms with van der Waals surface area (Å²) in [6, 6.07) is 6.61. The predicted octanol–water partition coefficient (Wildman–Crippen LogP) is 3.12. The molecule has 0 bridgehead atoms. The number of hydrogen-bond acceptors (Lipinski definition) is 4. The number of ether oxygens (including phenoxy) is 1. The number of likely N-dealkylation sites (tertiary alicyclic amines) is 2. The third-order valence-electron chi connectivity index (χ3n) is 5.48. The highest BCUT2D eigenvalue weighted by atomic mass is 16.5. The normalized spacial score (nSPS) is 22.2. The lowest BCUT2D eigenvalue weighted by atomic mass is 9.98. The van der Waals surface area contributed by atoms with E-state index in [2.05, 4.69) is 28.0 Å². The summed E-state index contributed by atoms with van der Waals surface area (Å²) in [5.74, 6) is 0.262. The minimum atomic E-state index is -0.693. The van der Waals surface area contributed by atoms with E-state index in [1.807, 2.05) is 0 Å². The molecule has 2 aliphatic heterocycles. The van der Waals surface area contributed by atoms with Crippen molar-refractivity contribution >= 4 is 5.97 Å². The average Bonchev–Trinajstić information content (AvgIpc) is 3.09. The topological polar surface area (TPSA) is 53.0 Å². The van der Waals surface area contributed by atoms with E-state index < -0.39 is 5.97 Å². The lowest BCUT2D eigenvalue weighted by Gasteiger charge is -2.35. The van der Waals surface area contributed by atoms with Crippen molar-refractivity contribution in [3.05, 3.63) is 29.3 Å². The molecule has 1 aromatic rings. The fourth-order valence-electron chi connectivity index (χ4n) is 4.17. The van der Waals surface area contributed by atoms with Crippen LogP contribution < -0.4 is 4.74 Å². The van der Waals surface area contributed by atoms with Crippen LogP contribution in [0.15, 0.2) is 18.2 Å². The molecule has 138 valence electrons. The molecule has 0 aromatic heterocycles. The number of hydrogen-bond donors (Lipinski definition) is 1. The van der Waals surface area contributed by atoms with Gasteiger partial charge in [0.15, 0.2) is 0 Å². The van der Waals surface area contributed by atoms with Crippen molar-refractivity contribution in [1.29, 1.82) is 0 Å². The highest BCUT2D eigenvalue weighted by molar-refractivity contribution is 5.67. The Morgan fingerprint density at radius 2 is 1.92 bits per heavy atom. The van der Waals surface area contributed by atoms with E-state index >= 15 is 0 Å². The second-order valence-electron chi connectivity index (χ2n) is 7.35. The zero-order valence-electron chi connectivity index (χ0n) is 15.2. The molecule has 0 radical (unpaired) electrons. The number of carboxylic acid groups (broad SMARTS) is 1. The average molecular weight is 346 g/mol. The second kappa shape index (κ2) is 8.68. The Hall–Kier alpha value is -1.59. The summed E-state index contributed by atoms with van der Waals surface area (Å²) >= 11 is 0. The van der Waals surface area contributed by atoms with Gasteiger partial charge in [-0.3, -0.25) is 14.6 Å². The van der Waals surface area contributed by atoms with Gasteiger partial charge in [0.1, 0.15) is 5.75 Å². The summed E-state index contributed by atoms with van der Waals surface area (Å²) in [6.45, 7) is 5.09. The van der Waals surface area contributed by atoms with Gasteiger partial charge in [-0.25, -0.2) is 0 Å². The molecule has 0 amide bonds. The van der Waals surface area contributed by atoms with Gasteiger partial charge in [-0.05, 0) is 63.0 Å². The predicted molar refractivity (Wildman–Crippen MR) is 97.8 cm³/mol. The van der Waals surface area contributed by atoms with Crippen molar-refractivity contribution in [2.45, 2.75) is 57.7 Å².